The minimum Gasteiger partial charge on any atom is -0.495 e. The molecule has 1 rings (SSSR count). The van der Waals surface area contributed by atoms with Crippen molar-refractivity contribution in [2.75, 3.05) is 12.4 Å². The molecule has 3 amide bonds. The Balaban J connectivity index is 3.08. The molecule has 0 heterocycles. The Morgan fingerprint density at radius 2 is 2.00 bits per heavy atom. The lowest BCUT2D eigenvalue weighted by molar-refractivity contribution is 0.0636. The Labute approximate surface area is 139 Å². The SMILES string of the molecule is COc1cc(NC(=O)OC(C)(C)C)c(C=NNC(N)=O)cc1Cl. The summed E-state index contributed by atoms with van der Waals surface area (Å²) >= 11 is 6.04. The van der Waals surface area contributed by atoms with Crippen LogP contribution in [0.15, 0.2) is 17.2 Å². The van der Waals surface area contributed by atoms with Gasteiger partial charge in [-0.1, -0.05) is 11.6 Å². The average Bonchev–Trinajstić information content (AvgIpc) is 2.38. The maximum Gasteiger partial charge on any atom is 0.412 e. The molecule has 126 valence electrons. The van der Waals surface area contributed by atoms with Crippen molar-refractivity contribution in [1.29, 1.82) is 0 Å². The van der Waals surface area contributed by atoms with Gasteiger partial charge in [0.25, 0.3) is 0 Å². The number of ether oxygens (including phenoxy) is 2. The molecule has 0 saturated carbocycles. The van der Waals surface area contributed by atoms with Crippen LogP contribution in [-0.4, -0.2) is 31.0 Å². The Kier molecular flexibility index (Phi) is 6.20. The van der Waals surface area contributed by atoms with E-state index in [0.717, 1.165) is 0 Å². The standard InChI is InChI=1S/C14H19ClN4O4/c1-14(2,3)23-13(21)18-10-6-11(22-4)9(15)5-8(10)7-17-19-12(16)20/h5-7H,1-4H3,(H,18,21)(H3,16,19,20). The molecule has 0 atom stereocenters. The first kappa shape index (κ1) is 18.6. The van der Waals surface area contributed by atoms with E-state index in [1.165, 1.54) is 25.5 Å². The molecule has 0 radical (unpaired) electrons. The van der Waals surface area contributed by atoms with Crippen LogP contribution in [0.5, 0.6) is 5.75 Å². The van der Waals surface area contributed by atoms with E-state index in [-0.39, 0.29) is 0 Å². The van der Waals surface area contributed by atoms with E-state index in [4.69, 9.17) is 26.8 Å². The van der Waals surface area contributed by atoms with E-state index in [9.17, 15) is 9.59 Å². The molecule has 0 spiro atoms. The van der Waals surface area contributed by atoms with Crippen LogP contribution in [0.2, 0.25) is 5.02 Å². The van der Waals surface area contributed by atoms with Crippen molar-refractivity contribution >= 4 is 35.6 Å². The van der Waals surface area contributed by atoms with Gasteiger partial charge in [-0.15, -0.1) is 0 Å². The lowest BCUT2D eigenvalue weighted by atomic mass is 10.2. The van der Waals surface area contributed by atoms with E-state index >= 15 is 0 Å². The molecular formula is C14H19ClN4O4. The molecule has 0 fully saturated rings. The number of methoxy groups -OCH3 is 1. The average molecular weight is 343 g/mol. The first-order valence-electron chi connectivity index (χ1n) is 6.58. The topological polar surface area (TPSA) is 115 Å². The number of halogens is 1. The number of nitrogens with two attached hydrogens (primary N) is 1. The van der Waals surface area contributed by atoms with Gasteiger partial charge in [0.05, 0.1) is 24.0 Å². The highest BCUT2D eigenvalue weighted by Crippen LogP contribution is 2.30. The second-order valence-corrected chi connectivity index (χ2v) is 5.84. The minimum atomic E-state index is -0.817. The van der Waals surface area contributed by atoms with Crippen molar-refractivity contribution in [3.63, 3.8) is 0 Å². The smallest absolute Gasteiger partial charge is 0.412 e. The molecule has 0 unspecified atom stereocenters. The van der Waals surface area contributed by atoms with Gasteiger partial charge in [0.1, 0.15) is 11.4 Å². The zero-order chi connectivity index (χ0) is 17.6. The molecule has 9 heteroatoms. The van der Waals surface area contributed by atoms with Crippen LogP contribution in [0.4, 0.5) is 15.3 Å². The van der Waals surface area contributed by atoms with Gasteiger partial charge >= 0.3 is 12.1 Å². The van der Waals surface area contributed by atoms with Gasteiger partial charge < -0.3 is 15.2 Å². The van der Waals surface area contributed by atoms with Crippen LogP contribution in [0, 0.1) is 0 Å². The van der Waals surface area contributed by atoms with Gasteiger partial charge in [-0.2, -0.15) is 5.10 Å². The normalized spacial score (nSPS) is 11.2. The number of benzene rings is 1. The van der Waals surface area contributed by atoms with Gasteiger partial charge in [0, 0.05) is 11.6 Å². The molecule has 0 aliphatic carbocycles. The van der Waals surface area contributed by atoms with E-state index < -0.39 is 17.7 Å². The number of nitrogens with one attached hydrogen (secondary N) is 2. The molecule has 23 heavy (non-hydrogen) atoms. The summed E-state index contributed by atoms with van der Waals surface area (Å²) in [6.45, 7) is 5.23. The summed E-state index contributed by atoms with van der Waals surface area (Å²) in [7, 11) is 1.45. The van der Waals surface area contributed by atoms with E-state index in [2.05, 4.69) is 15.8 Å². The molecule has 0 aliphatic rings. The van der Waals surface area contributed by atoms with E-state index in [0.29, 0.717) is 22.0 Å². The van der Waals surface area contributed by atoms with Crippen molar-refractivity contribution in [2.45, 2.75) is 26.4 Å². The number of hydrogen-bond donors (Lipinski definition) is 3. The second kappa shape index (κ2) is 7.68. The van der Waals surface area contributed by atoms with Gasteiger partial charge in [-0.05, 0) is 26.8 Å². The lowest BCUT2D eigenvalue weighted by Crippen LogP contribution is -2.27. The molecular weight excluding hydrogens is 324 g/mol. The van der Waals surface area contributed by atoms with Crippen molar-refractivity contribution in [2.24, 2.45) is 10.8 Å². The van der Waals surface area contributed by atoms with Crippen molar-refractivity contribution < 1.29 is 19.1 Å². The molecule has 0 aromatic heterocycles. The third kappa shape index (κ3) is 6.43. The van der Waals surface area contributed by atoms with Crippen LogP contribution in [-0.2, 0) is 4.74 Å². The third-order valence-corrected chi connectivity index (χ3v) is 2.63. The summed E-state index contributed by atoms with van der Waals surface area (Å²) < 4.78 is 10.3. The fourth-order valence-electron chi connectivity index (χ4n) is 1.52. The number of hydrazone groups is 1. The number of rotatable bonds is 4. The first-order valence-corrected chi connectivity index (χ1v) is 6.96. The highest BCUT2D eigenvalue weighted by atomic mass is 35.5. The van der Waals surface area contributed by atoms with Crippen LogP contribution >= 0.6 is 11.6 Å². The zero-order valence-electron chi connectivity index (χ0n) is 13.3. The number of carbonyl (C=O) groups excluding carboxylic acids is 2. The molecule has 4 N–H and O–H groups in total. The molecule has 0 saturated heterocycles. The van der Waals surface area contributed by atoms with E-state index in [1.807, 2.05) is 0 Å². The number of carbonyl (C=O) groups is 2. The molecule has 1 aromatic carbocycles. The van der Waals surface area contributed by atoms with Crippen molar-refractivity contribution in [3.05, 3.63) is 22.7 Å². The van der Waals surface area contributed by atoms with Crippen LogP contribution in [0.1, 0.15) is 26.3 Å². The quantitative estimate of drug-likeness (QED) is 0.576. The highest BCUT2D eigenvalue weighted by molar-refractivity contribution is 6.32. The van der Waals surface area contributed by atoms with Gasteiger partial charge in [0.15, 0.2) is 0 Å². The molecule has 8 nitrogen and oxygen atoms in total. The Hall–Kier alpha value is -2.48. The second-order valence-electron chi connectivity index (χ2n) is 5.44. The van der Waals surface area contributed by atoms with Gasteiger partial charge in [0.2, 0.25) is 0 Å². The first-order chi connectivity index (χ1) is 10.6. The molecule has 0 bridgehead atoms. The number of amides is 3. The fraction of sp³-hybridized carbons (Fsp3) is 0.357. The zero-order valence-corrected chi connectivity index (χ0v) is 14.0. The van der Waals surface area contributed by atoms with E-state index in [1.54, 1.807) is 20.8 Å². The van der Waals surface area contributed by atoms with Gasteiger partial charge in [-0.25, -0.2) is 15.0 Å². The Bertz CT molecular complexity index is 626. The predicted molar refractivity (Wildman–Crippen MR) is 88.2 cm³/mol. The maximum atomic E-state index is 11.9. The van der Waals surface area contributed by atoms with Crippen molar-refractivity contribution in [1.82, 2.24) is 5.43 Å². The number of nitrogens with zero attached hydrogens (tertiary/aromatic N) is 1. The summed E-state index contributed by atoms with van der Waals surface area (Å²) in [4.78, 5) is 22.5. The predicted octanol–water partition coefficient (Wildman–Crippen LogP) is 2.70. The van der Waals surface area contributed by atoms with Crippen LogP contribution in [0.25, 0.3) is 0 Å². The summed E-state index contributed by atoms with van der Waals surface area (Å²) in [6, 6.07) is 2.21. The summed E-state index contributed by atoms with van der Waals surface area (Å²) in [5.41, 5.74) is 7.09. The molecule has 1 aromatic rings. The number of urea groups is 1. The maximum absolute atomic E-state index is 11.9. The Morgan fingerprint density at radius 3 is 2.52 bits per heavy atom. The van der Waals surface area contributed by atoms with Gasteiger partial charge in [-0.3, -0.25) is 5.32 Å². The lowest BCUT2D eigenvalue weighted by Gasteiger charge is -2.20. The number of anilines is 1. The summed E-state index contributed by atoms with van der Waals surface area (Å²) in [5.74, 6) is 0.359. The molecule has 0 aliphatic heterocycles. The highest BCUT2D eigenvalue weighted by Gasteiger charge is 2.18. The summed E-state index contributed by atoms with van der Waals surface area (Å²) in [5, 5.41) is 6.52. The largest absolute Gasteiger partial charge is 0.495 e. The monoisotopic (exact) mass is 342 g/mol. The van der Waals surface area contributed by atoms with Crippen LogP contribution < -0.4 is 21.2 Å². The third-order valence-electron chi connectivity index (χ3n) is 2.34. The minimum absolute atomic E-state index is 0.308. The van der Waals surface area contributed by atoms with Crippen molar-refractivity contribution in [3.8, 4) is 5.75 Å². The number of primary amides is 1. The number of hydrogen-bond acceptors (Lipinski definition) is 5. The fourth-order valence-corrected chi connectivity index (χ4v) is 1.77. The van der Waals surface area contributed by atoms with Crippen LogP contribution in [0.3, 0.4) is 0 Å². The summed E-state index contributed by atoms with van der Waals surface area (Å²) in [6.07, 6.45) is 0.627. The Morgan fingerprint density at radius 1 is 1.35 bits per heavy atom.